The third-order valence-electron chi connectivity index (χ3n) is 3.54. The van der Waals surface area contributed by atoms with E-state index < -0.39 is 0 Å². The molecule has 0 fully saturated rings. The number of fused-ring (bicyclic) bond motifs is 1. The number of nitrogens with two attached hydrogens (primary N) is 1. The molecule has 0 spiro atoms. The quantitative estimate of drug-likeness (QED) is 0.880. The lowest BCUT2D eigenvalue weighted by molar-refractivity contribution is 0.103. The first-order valence-electron chi connectivity index (χ1n) is 6.42. The molecule has 1 aromatic carbocycles. The highest BCUT2D eigenvalue weighted by molar-refractivity contribution is 7.14. The molecule has 2 aromatic rings. The van der Waals surface area contributed by atoms with Gasteiger partial charge in [-0.15, -0.1) is 11.3 Å². The summed E-state index contributed by atoms with van der Waals surface area (Å²) in [5, 5.41) is 2.94. The van der Waals surface area contributed by atoms with Crippen LogP contribution in [0.2, 0.25) is 0 Å². The highest BCUT2D eigenvalue weighted by Crippen LogP contribution is 2.27. The number of benzene rings is 1. The predicted octanol–water partition coefficient (Wildman–Crippen LogP) is 3.38. The van der Waals surface area contributed by atoms with Crippen LogP contribution >= 0.6 is 11.3 Å². The van der Waals surface area contributed by atoms with Gasteiger partial charge in [0.25, 0.3) is 5.91 Å². The lowest BCUT2D eigenvalue weighted by atomic mass is 10.1. The fraction of sp³-hybridized carbons (Fsp3) is 0.267. The number of carbonyl (C=O) groups is 1. The van der Waals surface area contributed by atoms with Crippen LogP contribution in [-0.2, 0) is 12.8 Å². The smallest absolute Gasteiger partial charge is 0.265 e. The Labute approximate surface area is 116 Å². The van der Waals surface area contributed by atoms with Gasteiger partial charge in [0.15, 0.2) is 0 Å². The Morgan fingerprint density at radius 2 is 2.05 bits per heavy atom. The fourth-order valence-electron chi connectivity index (χ4n) is 2.45. The van der Waals surface area contributed by atoms with Gasteiger partial charge in [0.2, 0.25) is 0 Å². The molecule has 1 aliphatic rings. The summed E-state index contributed by atoms with van der Waals surface area (Å²) in [6.07, 6.45) is 3.49. The summed E-state index contributed by atoms with van der Waals surface area (Å²) in [7, 11) is 0. The van der Waals surface area contributed by atoms with Crippen molar-refractivity contribution in [3.63, 3.8) is 0 Å². The number of anilines is 2. The molecule has 0 unspecified atom stereocenters. The third kappa shape index (κ3) is 2.36. The molecule has 1 heterocycles. The second kappa shape index (κ2) is 4.70. The highest BCUT2D eigenvalue weighted by atomic mass is 32.1. The first-order valence-corrected chi connectivity index (χ1v) is 7.24. The van der Waals surface area contributed by atoms with E-state index in [1.807, 2.05) is 13.0 Å². The molecule has 3 N–H and O–H groups in total. The maximum absolute atomic E-state index is 12.1. The molecule has 0 aliphatic heterocycles. The number of hydrogen-bond acceptors (Lipinski definition) is 3. The Hall–Kier alpha value is -1.81. The van der Waals surface area contributed by atoms with E-state index in [0.717, 1.165) is 23.4 Å². The third-order valence-corrected chi connectivity index (χ3v) is 4.60. The molecule has 4 heteroatoms. The number of carbonyl (C=O) groups excluding carboxylic acids is 1. The summed E-state index contributed by atoms with van der Waals surface area (Å²) in [4.78, 5) is 13.8. The summed E-state index contributed by atoms with van der Waals surface area (Å²) in [5.41, 5.74) is 10.1. The molecule has 0 atom stereocenters. The Kier molecular flexibility index (Phi) is 3.03. The molecule has 1 aromatic heterocycles. The predicted molar refractivity (Wildman–Crippen MR) is 79.9 cm³/mol. The molecule has 19 heavy (non-hydrogen) atoms. The number of amides is 1. The van der Waals surface area contributed by atoms with Crippen LogP contribution < -0.4 is 11.1 Å². The van der Waals surface area contributed by atoms with E-state index in [1.54, 1.807) is 6.07 Å². The molecule has 0 saturated heterocycles. The zero-order valence-electron chi connectivity index (χ0n) is 10.8. The van der Waals surface area contributed by atoms with E-state index >= 15 is 0 Å². The van der Waals surface area contributed by atoms with Crippen LogP contribution in [0.3, 0.4) is 0 Å². The van der Waals surface area contributed by atoms with Gasteiger partial charge in [-0.1, -0.05) is 6.07 Å². The monoisotopic (exact) mass is 272 g/mol. The van der Waals surface area contributed by atoms with E-state index in [2.05, 4.69) is 17.4 Å². The summed E-state index contributed by atoms with van der Waals surface area (Å²) in [6, 6.07) is 7.92. The summed E-state index contributed by atoms with van der Waals surface area (Å²) in [5.74, 6) is -0.0808. The number of nitrogens with one attached hydrogen (secondary N) is 1. The van der Waals surface area contributed by atoms with E-state index in [9.17, 15) is 4.79 Å². The van der Waals surface area contributed by atoms with E-state index in [0.29, 0.717) is 10.6 Å². The van der Waals surface area contributed by atoms with Gasteiger partial charge >= 0.3 is 0 Å². The van der Waals surface area contributed by atoms with Crippen molar-refractivity contribution in [3.05, 3.63) is 45.1 Å². The molecule has 0 saturated carbocycles. The average molecular weight is 272 g/mol. The Morgan fingerprint density at radius 1 is 1.26 bits per heavy atom. The standard InChI is InChI=1S/C15H16N2OS/c1-9-13(16)8-14(19-9)15(18)17-12-6-5-10-3-2-4-11(10)7-12/h5-8H,2-4,16H2,1H3,(H,17,18). The van der Waals surface area contributed by atoms with Crippen molar-refractivity contribution in [2.24, 2.45) is 0 Å². The maximum Gasteiger partial charge on any atom is 0.265 e. The van der Waals surface area contributed by atoms with Gasteiger partial charge in [-0.3, -0.25) is 4.79 Å². The van der Waals surface area contributed by atoms with Gasteiger partial charge in [0.05, 0.1) is 4.88 Å². The van der Waals surface area contributed by atoms with Crippen molar-refractivity contribution in [2.75, 3.05) is 11.1 Å². The minimum Gasteiger partial charge on any atom is -0.398 e. The number of aryl methyl sites for hydroxylation is 3. The first-order chi connectivity index (χ1) is 9.13. The number of rotatable bonds is 2. The van der Waals surface area contributed by atoms with Gasteiger partial charge in [0.1, 0.15) is 0 Å². The van der Waals surface area contributed by atoms with Crippen molar-refractivity contribution in [1.82, 2.24) is 0 Å². The Bertz CT molecular complexity index is 626. The van der Waals surface area contributed by atoms with Crippen LogP contribution in [0.4, 0.5) is 11.4 Å². The van der Waals surface area contributed by atoms with Crippen LogP contribution in [0, 0.1) is 6.92 Å². The molecule has 1 amide bonds. The minimum absolute atomic E-state index is 0.0808. The lowest BCUT2D eigenvalue weighted by Crippen LogP contribution is -2.10. The van der Waals surface area contributed by atoms with E-state index in [-0.39, 0.29) is 5.91 Å². The van der Waals surface area contributed by atoms with Crippen molar-refractivity contribution in [1.29, 1.82) is 0 Å². The normalized spacial score (nSPS) is 13.3. The average Bonchev–Trinajstić information content (AvgIpc) is 2.96. The summed E-state index contributed by atoms with van der Waals surface area (Å²) < 4.78 is 0. The highest BCUT2D eigenvalue weighted by Gasteiger charge is 2.14. The lowest BCUT2D eigenvalue weighted by Gasteiger charge is -2.06. The second-order valence-corrected chi connectivity index (χ2v) is 6.17. The zero-order chi connectivity index (χ0) is 13.4. The Morgan fingerprint density at radius 3 is 2.79 bits per heavy atom. The van der Waals surface area contributed by atoms with E-state index in [4.69, 9.17) is 5.73 Å². The van der Waals surface area contributed by atoms with Crippen molar-refractivity contribution < 1.29 is 4.79 Å². The molecule has 3 nitrogen and oxygen atoms in total. The van der Waals surface area contributed by atoms with Gasteiger partial charge in [0, 0.05) is 16.3 Å². The molecule has 0 bridgehead atoms. The molecule has 0 radical (unpaired) electrons. The summed E-state index contributed by atoms with van der Waals surface area (Å²) in [6.45, 7) is 1.92. The molecule has 98 valence electrons. The number of thiophene rings is 1. The van der Waals surface area contributed by atoms with Crippen LogP contribution in [0.5, 0.6) is 0 Å². The molecule has 1 aliphatic carbocycles. The van der Waals surface area contributed by atoms with Crippen LogP contribution in [0.25, 0.3) is 0 Å². The van der Waals surface area contributed by atoms with Crippen molar-refractivity contribution in [2.45, 2.75) is 26.2 Å². The zero-order valence-corrected chi connectivity index (χ0v) is 11.6. The Balaban J connectivity index is 1.79. The fourth-order valence-corrected chi connectivity index (χ4v) is 3.29. The molecule has 3 rings (SSSR count). The van der Waals surface area contributed by atoms with Gasteiger partial charge in [-0.2, -0.15) is 0 Å². The topological polar surface area (TPSA) is 55.1 Å². The number of hydrogen-bond donors (Lipinski definition) is 2. The van der Waals surface area contributed by atoms with Crippen LogP contribution in [0.1, 0.15) is 32.1 Å². The largest absolute Gasteiger partial charge is 0.398 e. The minimum atomic E-state index is -0.0808. The van der Waals surface area contributed by atoms with E-state index in [1.165, 1.54) is 28.9 Å². The first kappa shape index (κ1) is 12.2. The van der Waals surface area contributed by atoms with Crippen molar-refractivity contribution in [3.8, 4) is 0 Å². The van der Waals surface area contributed by atoms with Crippen LogP contribution in [-0.4, -0.2) is 5.91 Å². The molecular weight excluding hydrogens is 256 g/mol. The maximum atomic E-state index is 12.1. The van der Waals surface area contributed by atoms with Gasteiger partial charge in [-0.25, -0.2) is 0 Å². The van der Waals surface area contributed by atoms with Crippen LogP contribution in [0.15, 0.2) is 24.3 Å². The molecular formula is C15H16N2OS. The number of nitrogen functional groups attached to an aromatic ring is 1. The van der Waals surface area contributed by atoms with Gasteiger partial charge < -0.3 is 11.1 Å². The SMILES string of the molecule is Cc1sc(C(=O)Nc2ccc3c(c2)CCC3)cc1N. The van der Waals surface area contributed by atoms with Crippen molar-refractivity contribution >= 4 is 28.6 Å². The van der Waals surface area contributed by atoms with Gasteiger partial charge in [-0.05, 0) is 55.5 Å². The second-order valence-electron chi connectivity index (χ2n) is 4.91. The summed E-state index contributed by atoms with van der Waals surface area (Å²) >= 11 is 1.43.